The Kier molecular flexibility index (Phi) is 9.42. The summed E-state index contributed by atoms with van der Waals surface area (Å²) in [7, 11) is 0. The molecule has 0 radical (unpaired) electrons. The first-order chi connectivity index (χ1) is 19.1. The minimum atomic E-state index is -0.340. The third-order valence-corrected chi connectivity index (χ3v) is 8.00. The van der Waals surface area contributed by atoms with Gasteiger partial charge in [0, 0.05) is 50.8 Å². The summed E-state index contributed by atoms with van der Waals surface area (Å²) in [5, 5.41) is 3.54. The number of halogens is 1. The molecule has 0 amide bonds. The highest BCUT2D eigenvalue weighted by Crippen LogP contribution is 2.26. The number of ether oxygens (including phenoxy) is 1. The fraction of sp³-hybridized carbons (Fsp3) is 0.567. The lowest BCUT2D eigenvalue weighted by Gasteiger charge is -2.32. The zero-order valence-electron chi connectivity index (χ0n) is 23.0. The van der Waals surface area contributed by atoms with Crippen LogP contribution in [0.3, 0.4) is 0 Å². The molecule has 1 N–H and O–H groups in total. The second kappa shape index (κ2) is 13.3. The number of hydrogen-bond acceptors (Lipinski definition) is 6. The van der Waals surface area contributed by atoms with Crippen molar-refractivity contribution in [3.63, 3.8) is 0 Å². The van der Waals surface area contributed by atoms with Gasteiger partial charge in [-0.15, -0.1) is 0 Å². The van der Waals surface area contributed by atoms with Crippen molar-refractivity contribution in [1.82, 2.24) is 24.0 Å². The molecule has 0 atom stereocenters. The number of imidazole rings is 1. The van der Waals surface area contributed by atoms with E-state index in [2.05, 4.69) is 22.1 Å². The number of likely N-dealkylation sites (tertiary alicyclic amines) is 1. The van der Waals surface area contributed by atoms with E-state index in [0.717, 1.165) is 38.8 Å². The summed E-state index contributed by atoms with van der Waals surface area (Å²) in [4.78, 5) is 25.5. The van der Waals surface area contributed by atoms with E-state index in [1.54, 1.807) is 27.5 Å². The van der Waals surface area contributed by atoms with Crippen LogP contribution in [0.5, 0.6) is 0 Å². The molecule has 1 aromatic carbocycles. The molecule has 0 unspecified atom stereocenters. The molecule has 8 nitrogen and oxygen atoms in total. The van der Waals surface area contributed by atoms with Gasteiger partial charge in [-0.2, -0.15) is 0 Å². The summed E-state index contributed by atoms with van der Waals surface area (Å²) in [5.74, 6) is 0.232. The lowest BCUT2D eigenvalue weighted by molar-refractivity contribution is 0.0686. The first kappa shape index (κ1) is 27.5. The van der Waals surface area contributed by atoms with Crippen LogP contribution in [-0.4, -0.2) is 62.9 Å². The van der Waals surface area contributed by atoms with Crippen LogP contribution >= 0.6 is 0 Å². The van der Waals surface area contributed by atoms with Crippen molar-refractivity contribution in [3.8, 4) is 17.1 Å². The van der Waals surface area contributed by atoms with Gasteiger partial charge in [0.15, 0.2) is 0 Å². The van der Waals surface area contributed by atoms with E-state index in [1.807, 2.05) is 12.3 Å². The zero-order chi connectivity index (χ0) is 27.0. The van der Waals surface area contributed by atoms with Crippen LogP contribution in [0.4, 0.5) is 10.3 Å². The SMILES string of the molecule is CCCCCCCN1CCC(Nc2nccc(-c3cn(C4CCOCC4)c(=O)n3-c3ccc(F)cc3)n2)CC1. The fourth-order valence-corrected chi connectivity index (χ4v) is 5.70. The number of rotatable bonds is 11. The van der Waals surface area contributed by atoms with Crippen molar-refractivity contribution >= 4 is 5.95 Å². The molecule has 2 aromatic heterocycles. The molecule has 9 heteroatoms. The second-order valence-electron chi connectivity index (χ2n) is 10.8. The van der Waals surface area contributed by atoms with E-state index in [1.165, 1.54) is 50.8 Å². The Morgan fingerprint density at radius 2 is 1.74 bits per heavy atom. The standard InChI is InChI=1S/C30H41FN6O2/c1-2-3-4-5-6-17-35-18-12-24(13-19-35)33-29-32-16-11-27(34-29)28-22-36(25-14-20-39-21-15-25)30(38)37(28)26-9-7-23(31)8-10-26/h7-11,16,22,24-25H,2-6,12-15,17-21H2,1H3,(H,32,33,34). The first-order valence-electron chi connectivity index (χ1n) is 14.6. The summed E-state index contributed by atoms with van der Waals surface area (Å²) in [5.41, 5.74) is 1.78. The van der Waals surface area contributed by atoms with E-state index in [9.17, 15) is 9.18 Å². The van der Waals surface area contributed by atoms with Gasteiger partial charge in [-0.1, -0.05) is 32.6 Å². The van der Waals surface area contributed by atoms with E-state index >= 15 is 0 Å². The van der Waals surface area contributed by atoms with E-state index in [4.69, 9.17) is 9.72 Å². The van der Waals surface area contributed by atoms with Crippen LogP contribution in [0.2, 0.25) is 0 Å². The largest absolute Gasteiger partial charge is 0.381 e. The van der Waals surface area contributed by atoms with Gasteiger partial charge in [0.1, 0.15) is 5.82 Å². The maximum Gasteiger partial charge on any atom is 0.333 e. The molecule has 0 bridgehead atoms. The molecule has 210 valence electrons. The second-order valence-corrected chi connectivity index (χ2v) is 10.8. The number of nitrogens with one attached hydrogen (secondary N) is 1. The highest BCUT2D eigenvalue weighted by molar-refractivity contribution is 5.59. The molecular formula is C30H41FN6O2. The van der Waals surface area contributed by atoms with E-state index in [-0.39, 0.29) is 17.5 Å². The van der Waals surface area contributed by atoms with Crippen molar-refractivity contribution in [2.75, 3.05) is 38.2 Å². The molecule has 0 saturated carbocycles. The highest BCUT2D eigenvalue weighted by Gasteiger charge is 2.24. The topological polar surface area (TPSA) is 77.2 Å². The summed E-state index contributed by atoms with van der Waals surface area (Å²) >= 11 is 0. The maximum absolute atomic E-state index is 13.7. The van der Waals surface area contributed by atoms with E-state index in [0.29, 0.717) is 42.3 Å². The van der Waals surface area contributed by atoms with Gasteiger partial charge >= 0.3 is 5.69 Å². The smallest absolute Gasteiger partial charge is 0.333 e. The van der Waals surface area contributed by atoms with Crippen molar-refractivity contribution in [2.24, 2.45) is 0 Å². The third-order valence-electron chi connectivity index (χ3n) is 8.00. The molecule has 2 aliphatic heterocycles. The van der Waals surface area contributed by atoms with Crippen LogP contribution in [0.15, 0.2) is 47.5 Å². The van der Waals surface area contributed by atoms with Gasteiger partial charge in [0.25, 0.3) is 0 Å². The van der Waals surface area contributed by atoms with Crippen LogP contribution < -0.4 is 11.0 Å². The number of aromatic nitrogens is 4. The van der Waals surface area contributed by atoms with Gasteiger partial charge in [-0.05, 0) is 69.0 Å². The highest BCUT2D eigenvalue weighted by atomic mass is 19.1. The fourth-order valence-electron chi connectivity index (χ4n) is 5.70. The lowest BCUT2D eigenvalue weighted by atomic mass is 10.0. The molecule has 5 rings (SSSR count). The minimum absolute atomic E-state index is 0.0583. The van der Waals surface area contributed by atoms with Crippen LogP contribution in [0.1, 0.15) is 70.8 Å². The number of anilines is 1. The number of nitrogens with zero attached hydrogens (tertiary/aromatic N) is 5. The average molecular weight is 537 g/mol. The first-order valence-corrected chi connectivity index (χ1v) is 14.6. The average Bonchev–Trinajstić information content (AvgIpc) is 3.32. The summed E-state index contributed by atoms with van der Waals surface area (Å²) in [6.07, 6.45) is 13.9. The molecule has 2 fully saturated rings. The predicted octanol–water partition coefficient (Wildman–Crippen LogP) is 5.43. The molecule has 3 aromatic rings. The minimum Gasteiger partial charge on any atom is -0.381 e. The maximum atomic E-state index is 13.7. The molecular weight excluding hydrogens is 495 g/mol. The Balaban J connectivity index is 1.31. The quantitative estimate of drug-likeness (QED) is 0.329. The molecule has 0 aliphatic carbocycles. The summed E-state index contributed by atoms with van der Waals surface area (Å²) < 4.78 is 22.6. The molecule has 2 saturated heterocycles. The van der Waals surface area contributed by atoms with Crippen LogP contribution in [-0.2, 0) is 4.74 Å². The predicted molar refractivity (Wildman–Crippen MR) is 152 cm³/mol. The van der Waals surface area contributed by atoms with Gasteiger partial charge in [-0.3, -0.25) is 9.13 Å². The summed E-state index contributed by atoms with van der Waals surface area (Å²) in [6, 6.07) is 8.23. The van der Waals surface area contributed by atoms with Crippen molar-refractivity contribution in [2.45, 2.75) is 76.8 Å². The van der Waals surface area contributed by atoms with Gasteiger partial charge in [0.2, 0.25) is 5.95 Å². The lowest BCUT2D eigenvalue weighted by Crippen LogP contribution is -2.39. The molecule has 2 aliphatic rings. The monoisotopic (exact) mass is 536 g/mol. The van der Waals surface area contributed by atoms with Gasteiger partial charge in [0.05, 0.1) is 17.1 Å². The molecule has 4 heterocycles. The Bertz CT molecular complexity index is 1240. The van der Waals surface area contributed by atoms with Crippen molar-refractivity contribution < 1.29 is 9.13 Å². The Labute approximate surface area is 230 Å². The normalized spacial score (nSPS) is 17.5. The van der Waals surface area contributed by atoms with E-state index < -0.39 is 0 Å². The number of piperidine rings is 1. The number of unbranched alkanes of at least 4 members (excludes halogenated alkanes) is 4. The van der Waals surface area contributed by atoms with Crippen molar-refractivity contribution in [3.05, 3.63) is 59.0 Å². The number of hydrogen-bond donors (Lipinski definition) is 1. The van der Waals surface area contributed by atoms with Crippen LogP contribution in [0.25, 0.3) is 17.1 Å². The van der Waals surface area contributed by atoms with Crippen molar-refractivity contribution in [1.29, 1.82) is 0 Å². The zero-order valence-corrected chi connectivity index (χ0v) is 23.0. The Hall–Kier alpha value is -3.04. The molecule has 39 heavy (non-hydrogen) atoms. The van der Waals surface area contributed by atoms with Gasteiger partial charge in [-0.25, -0.2) is 19.2 Å². The Morgan fingerprint density at radius 3 is 2.49 bits per heavy atom. The Morgan fingerprint density at radius 1 is 1.00 bits per heavy atom. The van der Waals surface area contributed by atoms with Gasteiger partial charge < -0.3 is 15.0 Å². The third kappa shape index (κ3) is 6.94. The molecule has 0 spiro atoms. The van der Waals surface area contributed by atoms with Crippen LogP contribution in [0, 0.1) is 5.82 Å². The number of benzene rings is 1. The summed E-state index contributed by atoms with van der Waals surface area (Å²) in [6.45, 7) is 6.88.